The van der Waals surface area contributed by atoms with Gasteiger partial charge in [0.1, 0.15) is 12.2 Å². The van der Waals surface area contributed by atoms with Gasteiger partial charge >= 0.3 is 11.9 Å². The van der Waals surface area contributed by atoms with Crippen LogP contribution in [0.15, 0.2) is 11.6 Å². The Morgan fingerprint density at radius 3 is 2.70 bits per heavy atom. The van der Waals surface area contributed by atoms with Crippen molar-refractivity contribution >= 4 is 11.9 Å². The number of fused-ring (bicyclic) bond motifs is 2. The highest BCUT2D eigenvalue weighted by Gasteiger charge is 2.84. The van der Waals surface area contributed by atoms with Gasteiger partial charge in [-0.15, -0.1) is 0 Å². The minimum atomic E-state index is -1.39. The van der Waals surface area contributed by atoms with Crippen LogP contribution in [-0.2, 0) is 23.8 Å². The van der Waals surface area contributed by atoms with Gasteiger partial charge in [0.05, 0.1) is 11.5 Å². The minimum Gasteiger partial charge on any atom is -0.459 e. The number of carbonyl (C=O) groups excluding carboxylic acids is 2. The molecule has 5 aliphatic rings. The molecule has 2 aliphatic carbocycles. The lowest BCUT2D eigenvalue weighted by molar-refractivity contribution is -0.180. The zero-order valence-corrected chi connectivity index (χ0v) is 12.8. The summed E-state index contributed by atoms with van der Waals surface area (Å²) >= 11 is 0. The van der Waals surface area contributed by atoms with E-state index in [0.29, 0.717) is 18.4 Å². The van der Waals surface area contributed by atoms with Crippen molar-refractivity contribution < 1.29 is 34.0 Å². The average Bonchev–Trinajstić information content (AvgIpc) is 3.16. The predicted molar refractivity (Wildman–Crippen MR) is 72.6 cm³/mol. The Kier molecular flexibility index (Phi) is 2.20. The van der Waals surface area contributed by atoms with E-state index in [0.717, 1.165) is 0 Å². The predicted octanol–water partition coefficient (Wildman–Crippen LogP) is -0.352. The molecule has 124 valence electrons. The fourth-order valence-corrected chi connectivity index (χ4v) is 5.69. The summed E-state index contributed by atoms with van der Waals surface area (Å²) in [5.74, 6) is -1.33. The molecular formula is C16H18O7. The maximum Gasteiger partial charge on any atom is 0.333 e. The molecule has 0 unspecified atom stereocenters. The number of epoxide rings is 1. The van der Waals surface area contributed by atoms with Gasteiger partial charge < -0.3 is 24.4 Å². The maximum atomic E-state index is 12.5. The van der Waals surface area contributed by atoms with Crippen molar-refractivity contribution in [3.8, 4) is 0 Å². The van der Waals surface area contributed by atoms with Gasteiger partial charge in [-0.25, -0.2) is 4.79 Å². The van der Waals surface area contributed by atoms with Crippen molar-refractivity contribution in [3.05, 3.63) is 11.6 Å². The van der Waals surface area contributed by atoms with E-state index in [1.54, 1.807) is 6.92 Å². The summed E-state index contributed by atoms with van der Waals surface area (Å²) in [4.78, 5) is 24.4. The van der Waals surface area contributed by atoms with Crippen LogP contribution < -0.4 is 0 Å². The van der Waals surface area contributed by atoms with E-state index >= 15 is 0 Å². The van der Waals surface area contributed by atoms with E-state index in [2.05, 4.69) is 0 Å². The van der Waals surface area contributed by atoms with Gasteiger partial charge in [-0.1, -0.05) is 6.92 Å². The van der Waals surface area contributed by atoms with Crippen molar-refractivity contribution in [3.63, 3.8) is 0 Å². The number of rotatable bonds is 0. The van der Waals surface area contributed by atoms with E-state index in [4.69, 9.17) is 14.2 Å². The van der Waals surface area contributed by atoms with Crippen LogP contribution in [0, 0.1) is 16.7 Å². The summed E-state index contributed by atoms with van der Waals surface area (Å²) in [5, 5.41) is 20.8. The number of hydrogen-bond donors (Lipinski definition) is 2. The van der Waals surface area contributed by atoms with Gasteiger partial charge in [0.15, 0.2) is 5.60 Å². The molecule has 5 rings (SSSR count). The summed E-state index contributed by atoms with van der Waals surface area (Å²) in [7, 11) is 0. The van der Waals surface area contributed by atoms with E-state index in [1.165, 1.54) is 6.08 Å². The van der Waals surface area contributed by atoms with Crippen molar-refractivity contribution in [2.75, 3.05) is 0 Å². The third-order valence-electron chi connectivity index (χ3n) is 6.85. The van der Waals surface area contributed by atoms with Crippen LogP contribution in [0.5, 0.6) is 0 Å². The molecule has 0 aromatic carbocycles. The Hall–Kier alpha value is -1.44. The summed E-state index contributed by atoms with van der Waals surface area (Å²) in [6, 6.07) is 0. The zero-order chi connectivity index (χ0) is 16.4. The van der Waals surface area contributed by atoms with Gasteiger partial charge in [0, 0.05) is 12.0 Å². The lowest BCUT2D eigenvalue weighted by atomic mass is 9.47. The molecule has 0 bridgehead atoms. The molecule has 7 heteroatoms. The highest BCUT2D eigenvalue weighted by atomic mass is 16.7. The average molecular weight is 322 g/mol. The van der Waals surface area contributed by atoms with Gasteiger partial charge in [-0.3, -0.25) is 4.79 Å². The van der Waals surface area contributed by atoms with E-state index in [1.807, 2.05) is 6.92 Å². The molecule has 0 aromatic rings. The quantitative estimate of drug-likeness (QED) is 0.464. The first kappa shape index (κ1) is 13.9. The third kappa shape index (κ3) is 1.24. The maximum absolute atomic E-state index is 12.5. The first-order chi connectivity index (χ1) is 10.8. The van der Waals surface area contributed by atoms with Crippen molar-refractivity contribution in [2.24, 2.45) is 16.7 Å². The SMILES string of the molecule is C[C@]12C(=O)O[C@@H]3[C@H]4O[C@@]45C(=CC(=O)O[C@H]5O)[C@@](C)(CC[C@H]1O)[C@@H]32. The summed E-state index contributed by atoms with van der Waals surface area (Å²) in [5.41, 5.74) is -2.02. The van der Waals surface area contributed by atoms with E-state index < -0.39 is 53.0 Å². The van der Waals surface area contributed by atoms with E-state index in [9.17, 15) is 19.8 Å². The number of cyclic esters (lactones) is 1. The normalized spacial score (nSPS) is 59.1. The number of carbonyl (C=O) groups is 2. The molecule has 8 atom stereocenters. The molecule has 0 radical (unpaired) electrons. The number of esters is 2. The van der Waals surface area contributed by atoms with Crippen LogP contribution in [0.2, 0.25) is 0 Å². The van der Waals surface area contributed by atoms with E-state index in [-0.39, 0.29) is 5.92 Å². The Labute approximate surface area is 132 Å². The molecule has 23 heavy (non-hydrogen) atoms. The van der Waals surface area contributed by atoms with Crippen molar-refractivity contribution in [1.29, 1.82) is 0 Å². The van der Waals surface area contributed by atoms with Gasteiger partial charge in [-0.05, 0) is 30.8 Å². The Bertz CT molecular complexity index is 686. The molecule has 2 N–H and O–H groups in total. The standard InChI is InChI=1S/C16H18O7/c1-14-4-3-7(17)15(2)10(14)9(22-12(15)19)11-16(23-11)6(14)5-8(18)21-13(16)20/h5,7,9-11,13,17,20H,3-4H2,1-2H3/t7-,9+,10-,11-,13-,14-,15+,16+/m1/s1. The molecule has 0 aromatic heterocycles. The zero-order valence-electron chi connectivity index (χ0n) is 12.8. The molecule has 2 saturated carbocycles. The first-order valence-electron chi connectivity index (χ1n) is 7.94. The van der Waals surface area contributed by atoms with Crippen LogP contribution >= 0.6 is 0 Å². The van der Waals surface area contributed by atoms with Gasteiger partial charge in [0.25, 0.3) is 0 Å². The third-order valence-corrected chi connectivity index (χ3v) is 6.85. The fraction of sp³-hybridized carbons (Fsp3) is 0.750. The van der Waals surface area contributed by atoms with Crippen molar-refractivity contribution in [2.45, 2.75) is 56.9 Å². The lowest BCUT2D eigenvalue weighted by Crippen LogP contribution is -2.62. The number of ether oxygens (including phenoxy) is 3. The Morgan fingerprint density at radius 1 is 1.22 bits per heavy atom. The second-order valence-electron chi connectivity index (χ2n) is 7.78. The van der Waals surface area contributed by atoms with Crippen LogP contribution in [0.3, 0.4) is 0 Å². The second kappa shape index (κ2) is 3.63. The molecule has 0 amide bonds. The largest absolute Gasteiger partial charge is 0.459 e. The molecule has 3 heterocycles. The highest BCUT2D eigenvalue weighted by molar-refractivity contribution is 5.87. The minimum absolute atomic E-state index is 0.295. The molecule has 4 fully saturated rings. The topological polar surface area (TPSA) is 106 Å². The van der Waals surface area contributed by atoms with Crippen molar-refractivity contribution in [1.82, 2.24) is 0 Å². The Balaban J connectivity index is 1.74. The van der Waals surface area contributed by atoms with Crippen LogP contribution in [-0.4, -0.2) is 52.4 Å². The fourth-order valence-electron chi connectivity index (χ4n) is 5.69. The summed E-state index contributed by atoms with van der Waals surface area (Å²) in [6.07, 6.45) is -0.855. The molecule has 2 saturated heterocycles. The summed E-state index contributed by atoms with van der Waals surface area (Å²) in [6.45, 7) is 3.70. The van der Waals surface area contributed by atoms with Gasteiger partial charge in [0.2, 0.25) is 6.29 Å². The smallest absolute Gasteiger partial charge is 0.333 e. The molecule has 3 aliphatic heterocycles. The van der Waals surface area contributed by atoms with Crippen LogP contribution in [0.4, 0.5) is 0 Å². The number of aliphatic hydroxyl groups is 2. The summed E-state index contributed by atoms with van der Waals surface area (Å²) < 4.78 is 16.3. The Morgan fingerprint density at radius 2 is 1.96 bits per heavy atom. The van der Waals surface area contributed by atoms with Crippen LogP contribution in [0.25, 0.3) is 0 Å². The first-order valence-corrected chi connectivity index (χ1v) is 7.94. The number of aliphatic hydroxyl groups excluding tert-OH is 2. The monoisotopic (exact) mass is 322 g/mol. The van der Waals surface area contributed by atoms with Gasteiger partial charge in [-0.2, -0.15) is 0 Å². The van der Waals surface area contributed by atoms with Crippen LogP contribution in [0.1, 0.15) is 26.7 Å². The second-order valence-corrected chi connectivity index (χ2v) is 7.78. The lowest BCUT2D eigenvalue weighted by Gasteiger charge is -2.54. The molecular weight excluding hydrogens is 304 g/mol. The highest BCUT2D eigenvalue weighted by Crippen LogP contribution is 2.72. The molecule has 7 nitrogen and oxygen atoms in total. The molecule has 1 spiro atoms. The number of hydrogen-bond acceptors (Lipinski definition) is 7.